The zero-order valence-corrected chi connectivity index (χ0v) is 12.8. The normalized spacial score (nSPS) is 13.0. The number of para-hydroxylation sites is 2. The predicted molar refractivity (Wildman–Crippen MR) is 87.4 cm³/mol. The molecule has 6 nitrogen and oxygen atoms in total. The third-order valence-electron chi connectivity index (χ3n) is 3.58. The SMILES string of the molecule is CC(SCn1nnc2ccccc21)n1nnc2ccccc21. The molecule has 0 bridgehead atoms. The maximum Gasteiger partial charge on any atom is 0.113 e. The maximum atomic E-state index is 4.26. The summed E-state index contributed by atoms with van der Waals surface area (Å²) in [4.78, 5) is 0. The number of fused-ring (bicyclic) bond motifs is 2. The van der Waals surface area contributed by atoms with Crippen molar-refractivity contribution in [3.8, 4) is 0 Å². The summed E-state index contributed by atoms with van der Waals surface area (Å²) < 4.78 is 3.86. The van der Waals surface area contributed by atoms with E-state index in [-0.39, 0.29) is 5.37 Å². The highest BCUT2D eigenvalue weighted by Crippen LogP contribution is 2.27. The van der Waals surface area contributed by atoms with Crippen LogP contribution < -0.4 is 0 Å². The van der Waals surface area contributed by atoms with Crippen LogP contribution in [0.15, 0.2) is 48.5 Å². The second kappa shape index (κ2) is 5.42. The highest BCUT2D eigenvalue weighted by molar-refractivity contribution is 7.98. The molecule has 0 amide bonds. The molecule has 110 valence electrons. The van der Waals surface area contributed by atoms with Gasteiger partial charge in [0.05, 0.1) is 22.3 Å². The first-order chi connectivity index (χ1) is 10.8. The Labute approximate surface area is 131 Å². The maximum absolute atomic E-state index is 4.26. The lowest BCUT2D eigenvalue weighted by atomic mass is 10.3. The second-order valence-corrected chi connectivity index (χ2v) is 6.27. The third kappa shape index (κ3) is 2.23. The minimum absolute atomic E-state index is 0.162. The van der Waals surface area contributed by atoms with Crippen LogP contribution in [0.3, 0.4) is 0 Å². The topological polar surface area (TPSA) is 61.4 Å². The fourth-order valence-corrected chi connectivity index (χ4v) is 3.26. The Hall–Kier alpha value is -2.41. The van der Waals surface area contributed by atoms with E-state index in [1.165, 1.54) is 0 Å². The van der Waals surface area contributed by atoms with Crippen molar-refractivity contribution in [3.05, 3.63) is 48.5 Å². The molecule has 0 aliphatic carbocycles. The molecule has 0 aliphatic rings. The van der Waals surface area contributed by atoms with Crippen LogP contribution in [0.4, 0.5) is 0 Å². The van der Waals surface area contributed by atoms with Gasteiger partial charge in [-0.25, -0.2) is 9.36 Å². The van der Waals surface area contributed by atoms with Crippen LogP contribution in [0.5, 0.6) is 0 Å². The van der Waals surface area contributed by atoms with Crippen LogP contribution in [0.1, 0.15) is 12.3 Å². The summed E-state index contributed by atoms with van der Waals surface area (Å²) in [7, 11) is 0. The summed E-state index contributed by atoms with van der Waals surface area (Å²) >= 11 is 1.74. The Kier molecular flexibility index (Phi) is 3.27. The van der Waals surface area contributed by atoms with Gasteiger partial charge in [-0.1, -0.05) is 34.7 Å². The van der Waals surface area contributed by atoms with Gasteiger partial charge in [0.2, 0.25) is 0 Å². The van der Waals surface area contributed by atoms with E-state index in [4.69, 9.17) is 0 Å². The Balaban J connectivity index is 1.56. The molecule has 0 spiro atoms. The predicted octanol–water partition coefficient (Wildman–Crippen LogP) is 3.09. The number of hydrogen-bond donors (Lipinski definition) is 0. The van der Waals surface area contributed by atoms with Crippen LogP contribution in [-0.4, -0.2) is 30.0 Å². The van der Waals surface area contributed by atoms with Gasteiger partial charge in [-0.3, -0.25) is 0 Å². The van der Waals surface area contributed by atoms with Crippen LogP contribution in [0, 0.1) is 0 Å². The molecule has 2 aromatic heterocycles. The van der Waals surface area contributed by atoms with Gasteiger partial charge in [-0.15, -0.1) is 22.0 Å². The summed E-state index contributed by atoms with van der Waals surface area (Å²) in [5.74, 6) is 0.718. The van der Waals surface area contributed by atoms with E-state index in [1.54, 1.807) is 11.8 Å². The average molecular weight is 310 g/mol. The van der Waals surface area contributed by atoms with Crippen molar-refractivity contribution in [2.75, 3.05) is 0 Å². The first-order valence-corrected chi connectivity index (χ1v) is 8.07. The molecule has 0 fully saturated rings. The van der Waals surface area contributed by atoms with Gasteiger partial charge in [0.1, 0.15) is 11.0 Å². The Bertz CT molecular complexity index is 928. The summed E-state index contributed by atoms with van der Waals surface area (Å²) in [5, 5.41) is 17.0. The fourth-order valence-electron chi connectivity index (χ4n) is 2.42. The molecule has 0 aliphatic heterocycles. The lowest BCUT2D eigenvalue weighted by Gasteiger charge is -2.12. The molecular formula is C15H14N6S. The second-order valence-electron chi connectivity index (χ2n) is 5.00. The molecular weight excluding hydrogens is 296 g/mol. The first kappa shape index (κ1) is 13.3. The van der Waals surface area contributed by atoms with Crippen molar-refractivity contribution in [2.45, 2.75) is 18.2 Å². The monoisotopic (exact) mass is 310 g/mol. The molecule has 0 radical (unpaired) electrons. The highest BCUT2D eigenvalue weighted by atomic mass is 32.2. The molecule has 4 aromatic rings. The zero-order chi connectivity index (χ0) is 14.9. The molecule has 2 heterocycles. The molecule has 0 saturated heterocycles. The fraction of sp³-hybridized carbons (Fsp3) is 0.200. The van der Waals surface area contributed by atoms with Crippen LogP contribution in [0.2, 0.25) is 0 Å². The minimum Gasteiger partial charge on any atom is -0.235 e. The van der Waals surface area contributed by atoms with E-state index in [9.17, 15) is 0 Å². The highest BCUT2D eigenvalue weighted by Gasteiger charge is 2.12. The molecule has 2 aromatic carbocycles. The van der Waals surface area contributed by atoms with Crippen molar-refractivity contribution in [3.63, 3.8) is 0 Å². The number of thioether (sulfide) groups is 1. The first-order valence-electron chi connectivity index (χ1n) is 7.03. The Morgan fingerprint density at radius 2 is 1.55 bits per heavy atom. The van der Waals surface area contributed by atoms with Gasteiger partial charge >= 0.3 is 0 Å². The molecule has 1 unspecified atom stereocenters. The van der Waals surface area contributed by atoms with Crippen molar-refractivity contribution < 1.29 is 0 Å². The molecule has 7 heteroatoms. The van der Waals surface area contributed by atoms with E-state index in [2.05, 4.69) is 27.5 Å². The summed E-state index contributed by atoms with van der Waals surface area (Å²) in [6.07, 6.45) is 0. The van der Waals surface area contributed by atoms with Gasteiger partial charge in [-0.2, -0.15) is 0 Å². The van der Waals surface area contributed by atoms with Crippen LogP contribution in [-0.2, 0) is 5.88 Å². The van der Waals surface area contributed by atoms with E-state index >= 15 is 0 Å². The van der Waals surface area contributed by atoms with E-state index in [0.717, 1.165) is 27.9 Å². The van der Waals surface area contributed by atoms with Crippen molar-refractivity contribution >= 4 is 33.8 Å². The quantitative estimate of drug-likeness (QED) is 0.579. The molecule has 4 rings (SSSR count). The van der Waals surface area contributed by atoms with Crippen LogP contribution in [0.25, 0.3) is 22.1 Å². The van der Waals surface area contributed by atoms with Gasteiger partial charge in [0.15, 0.2) is 0 Å². The number of aromatic nitrogens is 6. The Morgan fingerprint density at radius 3 is 2.36 bits per heavy atom. The Morgan fingerprint density at radius 1 is 0.909 bits per heavy atom. The van der Waals surface area contributed by atoms with E-state index < -0.39 is 0 Å². The van der Waals surface area contributed by atoms with Gasteiger partial charge < -0.3 is 0 Å². The molecule has 0 N–H and O–H groups in total. The van der Waals surface area contributed by atoms with Gasteiger partial charge in [0, 0.05) is 0 Å². The van der Waals surface area contributed by atoms with Crippen molar-refractivity contribution in [1.29, 1.82) is 0 Å². The summed E-state index contributed by atoms with van der Waals surface area (Å²) in [5.41, 5.74) is 3.93. The van der Waals surface area contributed by atoms with Gasteiger partial charge in [-0.05, 0) is 31.2 Å². The smallest absolute Gasteiger partial charge is 0.113 e. The summed E-state index contributed by atoms with van der Waals surface area (Å²) in [6, 6.07) is 16.0. The third-order valence-corrected chi connectivity index (χ3v) is 4.66. The minimum atomic E-state index is 0.162. The zero-order valence-electron chi connectivity index (χ0n) is 12.0. The van der Waals surface area contributed by atoms with Crippen LogP contribution >= 0.6 is 11.8 Å². The average Bonchev–Trinajstić information content (AvgIpc) is 3.17. The standard InChI is InChI=1S/C15H14N6S/c1-11(21-15-9-5-3-7-13(15)17-19-21)22-10-20-14-8-4-2-6-12(14)16-18-20/h2-9,11H,10H2,1H3. The summed E-state index contributed by atoms with van der Waals surface area (Å²) in [6.45, 7) is 2.12. The lowest BCUT2D eigenvalue weighted by Crippen LogP contribution is -2.06. The van der Waals surface area contributed by atoms with Crippen molar-refractivity contribution in [1.82, 2.24) is 30.0 Å². The number of hydrogen-bond acceptors (Lipinski definition) is 5. The van der Waals surface area contributed by atoms with E-state index in [0.29, 0.717) is 0 Å². The largest absolute Gasteiger partial charge is 0.235 e. The van der Waals surface area contributed by atoms with Crippen molar-refractivity contribution in [2.24, 2.45) is 0 Å². The molecule has 22 heavy (non-hydrogen) atoms. The van der Waals surface area contributed by atoms with Gasteiger partial charge in [0.25, 0.3) is 0 Å². The molecule has 1 atom stereocenters. The lowest BCUT2D eigenvalue weighted by molar-refractivity contribution is 0.624. The molecule has 0 saturated carbocycles. The van der Waals surface area contributed by atoms with E-state index in [1.807, 2.05) is 57.9 Å². The number of benzene rings is 2. The number of nitrogens with zero attached hydrogens (tertiary/aromatic N) is 6. The number of rotatable bonds is 4.